The first kappa shape index (κ1) is 41.8. The lowest BCUT2D eigenvalue weighted by atomic mass is 10.0. The first-order valence-corrected chi connectivity index (χ1v) is 16.8. The number of nitrogens with one attached hydrogen (secondary N) is 3. The second-order valence-corrected chi connectivity index (χ2v) is 11.2. The van der Waals surface area contributed by atoms with E-state index in [9.17, 15) is 38.4 Å². The zero-order chi connectivity index (χ0) is 36.6. The van der Waals surface area contributed by atoms with Gasteiger partial charge in [0.05, 0.1) is 52.3 Å². The van der Waals surface area contributed by atoms with Gasteiger partial charge < -0.3 is 34.9 Å². The zero-order valence-electron chi connectivity index (χ0n) is 28.6. The molecule has 17 heteroatoms. The van der Waals surface area contributed by atoms with Crippen molar-refractivity contribution >= 4 is 47.1 Å². The summed E-state index contributed by atoms with van der Waals surface area (Å²) in [6.45, 7) is 3.02. The van der Waals surface area contributed by atoms with Crippen LogP contribution >= 0.6 is 0 Å². The molecule has 3 N–H and O–H groups in total. The van der Waals surface area contributed by atoms with Crippen LogP contribution in [0.2, 0.25) is 0 Å². The van der Waals surface area contributed by atoms with E-state index in [-0.39, 0.29) is 49.9 Å². The van der Waals surface area contributed by atoms with Crippen LogP contribution in [0.1, 0.15) is 51.4 Å². The molecule has 0 bridgehead atoms. The van der Waals surface area contributed by atoms with Crippen molar-refractivity contribution < 1.29 is 57.3 Å². The fourth-order valence-electron chi connectivity index (χ4n) is 4.67. The highest BCUT2D eigenvalue weighted by Crippen LogP contribution is 2.09. The van der Waals surface area contributed by atoms with Gasteiger partial charge in [0.25, 0.3) is 23.6 Å². The van der Waals surface area contributed by atoms with Gasteiger partial charge in [-0.1, -0.05) is 0 Å². The van der Waals surface area contributed by atoms with Gasteiger partial charge in [0.15, 0.2) is 5.78 Å². The maximum absolute atomic E-state index is 13.0. The number of Topliss-reactive ketones (excluding diaryl/α,β-unsaturated/α-hetero) is 1. The van der Waals surface area contributed by atoms with Gasteiger partial charge in [0, 0.05) is 83.3 Å². The normalized spacial score (nSPS) is 14.5. The molecule has 7 amide bonds. The number of imide groups is 2. The molecule has 0 fully saturated rings. The van der Waals surface area contributed by atoms with Crippen molar-refractivity contribution in [2.24, 2.45) is 0 Å². The van der Waals surface area contributed by atoms with Gasteiger partial charge in [0.1, 0.15) is 0 Å². The molecule has 0 spiro atoms. The van der Waals surface area contributed by atoms with E-state index < -0.39 is 35.6 Å². The summed E-state index contributed by atoms with van der Waals surface area (Å²) >= 11 is 0. The molecule has 0 aromatic carbocycles. The smallest absolute Gasteiger partial charge is 0.253 e. The van der Waals surface area contributed by atoms with Crippen LogP contribution in [0.25, 0.3) is 0 Å². The van der Waals surface area contributed by atoms with E-state index in [0.29, 0.717) is 91.5 Å². The lowest BCUT2D eigenvalue weighted by Gasteiger charge is -2.19. The van der Waals surface area contributed by atoms with Crippen molar-refractivity contribution in [1.82, 2.24) is 25.8 Å². The third-order valence-corrected chi connectivity index (χ3v) is 7.47. The maximum Gasteiger partial charge on any atom is 0.253 e. The largest absolute Gasteiger partial charge is 0.379 e. The Bertz CT molecular complexity index is 1200. The summed E-state index contributed by atoms with van der Waals surface area (Å²) in [7, 11) is 1.57. The zero-order valence-corrected chi connectivity index (χ0v) is 28.6. The molecule has 278 valence electrons. The molecule has 2 aliphatic heterocycles. The van der Waals surface area contributed by atoms with Crippen LogP contribution in [0.5, 0.6) is 0 Å². The second-order valence-electron chi connectivity index (χ2n) is 11.2. The lowest BCUT2D eigenvalue weighted by molar-refractivity contribution is -0.139. The van der Waals surface area contributed by atoms with Crippen molar-refractivity contribution in [2.45, 2.75) is 57.4 Å². The third-order valence-electron chi connectivity index (χ3n) is 7.47. The van der Waals surface area contributed by atoms with Crippen LogP contribution in [-0.2, 0) is 57.3 Å². The van der Waals surface area contributed by atoms with Gasteiger partial charge in [-0.05, 0) is 25.7 Å². The lowest BCUT2D eigenvalue weighted by Crippen LogP contribution is -2.42. The molecule has 1 unspecified atom stereocenters. The number of nitrogens with zero attached hydrogens (tertiary/aromatic N) is 2. The van der Waals surface area contributed by atoms with Crippen molar-refractivity contribution in [3.05, 3.63) is 24.3 Å². The number of ether oxygens (including phenoxy) is 4. The van der Waals surface area contributed by atoms with Gasteiger partial charge >= 0.3 is 0 Å². The number of amides is 7. The number of ketones is 1. The topological polar surface area (TPSA) is 216 Å². The van der Waals surface area contributed by atoms with Crippen LogP contribution in [0.15, 0.2) is 24.3 Å². The minimum absolute atomic E-state index is 0.0181. The third kappa shape index (κ3) is 17.4. The summed E-state index contributed by atoms with van der Waals surface area (Å²) in [4.78, 5) is 97.6. The van der Waals surface area contributed by atoms with Crippen LogP contribution < -0.4 is 16.0 Å². The van der Waals surface area contributed by atoms with Crippen LogP contribution in [0.4, 0.5) is 0 Å². The molecule has 1 atom stereocenters. The average Bonchev–Trinajstić information content (AvgIpc) is 3.60. The van der Waals surface area contributed by atoms with E-state index in [1.807, 2.05) is 0 Å². The monoisotopic (exact) mass is 707 g/mol. The minimum atomic E-state index is -0.800. The minimum Gasteiger partial charge on any atom is -0.379 e. The van der Waals surface area contributed by atoms with Crippen molar-refractivity contribution in [3.8, 4) is 0 Å². The highest BCUT2D eigenvalue weighted by Gasteiger charge is 2.26. The molecular weight excluding hydrogens is 658 g/mol. The van der Waals surface area contributed by atoms with Gasteiger partial charge in [-0.15, -0.1) is 0 Å². The quantitative estimate of drug-likeness (QED) is 0.0627. The maximum atomic E-state index is 13.0. The van der Waals surface area contributed by atoms with E-state index in [0.717, 1.165) is 34.1 Å². The number of unbranched alkanes of at least 4 members (excludes halogenated alkanes) is 1. The average molecular weight is 708 g/mol. The summed E-state index contributed by atoms with van der Waals surface area (Å²) in [6, 6.07) is -0.800. The number of rotatable bonds is 29. The predicted molar refractivity (Wildman–Crippen MR) is 176 cm³/mol. The SMILES string of the molecule is CNC(=O)CCOCCOCCOCCOCCCC(=O)C(CCCCNC(=O)CCN1C(=O)C=CC1=O)NC(=O)CCN1C(=O)C=CC1=O. The van der Waals surface area contributed by atoms with Crippen molar-refractivity contribution in [2.75, 3.05) is 79.5 Å². The Kier molecular flexibility index (Phi) is 20.7. The molecule has 0 aromatic rings. The number of carbonyl (C=O) groups is 8. The van der Waals surface area contributed by atoms with Crippen LogP contribution in [-0.4, -0.2) is 143 Å². The van der Waals surface area contributed by atoms with E-state index in [1.165, 1.54) is 0 Å². The Morgan fingerprint density at radius 3 is 1.58 bits per heavy atom. The standard InChI is InChI=1S/C33H49N5O12/c1-34-27(40)13-18-48-20-22-50-24-23-49-21-19-47-17-4-6-26(39)25(36-29(42)12-16-38-32(45)9-10-33(38)46)5-2-3-14-35-28(41)11-15-37-30(43)7-8-31(37)44/h7-10,25H,2-6,11-24H2,1H3,(H,34,40)(H,35,41)(H,36,42). The Balaban J connectivity index is 1.62. The molecule has 0 radical (unpaired) electrons. The Hall–Kier alpha value is -4.32. The van der Waals surface area contributed by atoms with Gasteiger partial charge in [0.2, 0.25) is 17.7 Å². The highest BCUT2D eigenvalue weighted by atomic mass is 16.6. The predicted octanol–water partition coefficient (Wildman–Crippen LogP) is -1.06. The fourth-order valence-corrected chi connectivity index (χ4v) is 4.67. The van der Waals surface area contributed by atoms with Crippen LogP contribution in [0.3, 0.4) is 0 Å². The van der Waals surface area contributed by atoms with E-state index in [1.54, 1.807) is 7.05 Å². The first-order valence-electron chi connectivity index (χ1n) is 16.8. The molecule has 0 aliphatic carbocycles. The van der Waals surface area contributed by atoms with E-state index >= 15 is 0 Å². The number of hydrogen-bond donors (Lipinski definition) is 3. The molecule has 2 heterocycles. The molecule has 0 aromatic heterocycles. The number of carbonyl (C=O) groups excluding carboxylic acids is 8. The first-order chi connectivity index (χ1) is 24.1. The number of hydrogen-bond acceptors (Lipinski definition) is 12. The molecule has 2 aliphatic rings. The molecule has 2 rings (SSSR count). The summed E-state index contributed by atoms with van der Waals surface area (Å²) < 4.78 is 21.7. The summed E-state index contributed by atoms with van der Waals surface area (Å²) in [5.41, 5.74) is 0. The van der Waals surface area contributed by atoms with Gasteiger partial charge in [-0.2, -0.15) is 0 Å². The molecular formula is C33H49N5O12. The van der Waals surface area contributed by atoms with E-state index in [2.05, 4.69) is 16.0 Å². The highest BCUT2D eigenvalue weighted by molar-refractivity contribution is 6.13. The molecule has 0 saturated heterocycles. The Morgan fingerprint density at radius 1 is 0.580 bits per heavy atom. The van der Waals surface area contributed by atoms with E-state index in [4.69, 9.17) is 18.9 Å². The molecule has 50 heavy (non-hydrogen) atoms. The van der Waals surface area contributed by atoms with Crippen LogP contribution in [0, 0.1) is 0 Å². The summed E-state index contributed by atoms with van der Waals surface area (Å²) in [6.07, 6.45) is 6.58. The van der Waals surface area contributed by atoms with Crippen molar-refractivity contribution in [1.29, 1.82) is 0 Å². The Morgan fingerprint density at radius 2 is 1.06 bits per heavy atom. The van der Waals surface area contributed by atoms with Crippen molar-refractivity contribution in [3.63, 3.8) is 0 Å². The van der Waals surface area contributed by atoms with Gasteiger partial charge in [-0.3, -0.25) is 48.2 Å². The summed E-state index contributed by atoms with van der Waals surface area (Å²) in [5, 5.41) is 7.95. The fraction of sp³-hybridized carbons (Fsp3) is 0.636. The molecule has 0 saturated carbocycles. The van der Waals surface area contributed by atoms with Gasteiger partial charge in [-0.25, -0.2) is 0 Å². The summed E-state index contributed by atoms with van der Waals surface area (Å²) in [5.74, 6) is -2.98. The Labute approximate surface area is 291 Å². The second kappa shape index (κ2) is 24.8. The molecule has 17 nitrogen and oxygen atoms in total.